The quantitative estimate of drug-likeness (QED) is 0.283. The van der Waals surface area contributed by atoms with E-state index in [-0.39, 0.29) is 12.8 Å². The molecule has 0 aromatic heterocycles. The molecule has 3 atom stereocenters. The van der Waals surface area contributed by atoms with E-state index in [9.17, 15) is 15.0 Å². The number of aliphatic hydroxyl groups is 2. The van der Waals surface area contributed by atoms with Crippen LogP contribution in [0.2, 0.25) is 0 Å². The van der Waals surface area contributed by atoms with Gasteiger partial charge in [-0.25, -0.2) is 4.79 Å². The molecule has 0 aliphatic heterocycles. The standard InChI is InChI=1S/C20H36O4/c1-6-9-10-15-24-18(21)20(23,13-7-2)16-19(5,22)14-11-12-17(4)8-3/h7-8,17,22-23H,2-3,6,9-16H2,1,4-5H3. The fourth-order valence-electron chi connectivity index (χ4n) is 2.76. The first-order valence-corrected chi connectivity index (χ1v) is 9.06. The first-order chi connectivity index (χ1) is 11.2. The maximum Gasteiger partial charge on any atom is 0.338 e. The van der Waals surface area contributed by atoms with Crippen molar-refractivity contribution in [3.05, 3.63) is 25.3 Å². The molecular weight excluding hydrogens is 304 g/mol. The number of unbranched alkanes of at least 4 members (excludes halogenated alkanes) is 2. The Morgan fingerprint density at radius 3 is 2.46 bits per heavy atom. The molecule has 3 unspecified atom stereocenters. The lowest BCUT2D eigenvalue weighted by atomic mass is 9.82. The van der Waals surface area contributed by atoms with Crippen molar-refractivity contribution in [2.45, 2.75) is 83.3 Å². The average molecular weight is 341 g/mol. The molecule has 0 saturated carbocycles. The van der Waals surface area contributed by atoms with Crippen LogP contribution in [0.3, 0.4) is 0 Å². The zero-order chi connectivity index (χ0) is 18.6. The second kappa shape index (κ2) is 11.4. The van der Waals surface area contributed by atoms with E-state index in [1.165, 1.54) is 6.08 Å². The molecule has 2 N–H and O–H groups in total. The molecule has 24 heavy (non-hydrogen) atoms. The van der Waals surface area contributed by atoms with Gasteiger partial charge in [0.2, 0.25) is 0 Å². The highest BCUT2D eigenvalue weighted by molar-refractivity contribution is 5.79. The van der Waals surface area contributed by atoms with Gasteiger partial charge >= 0.3 is 5.97 Å². The summed E-state index contributed by atoms with van der Waals surface area (Å²) in [6.07, 6.45) is 8.41. The van der Waals surface area contributed by atoms with Crippen molar-refractivity contribution in [1.82, 2.24) is 0 Å². The Labute approximate surface area is 147 Å². The summed E-state index contributed by atoms with van der Waals surface area (Å²) in [4.78, 5) is 12.3. The Balaban J connectivity index is 4.67. The summed E-state index contributed by atoms with van der Waals surface area (Å²) < 4.78 is 5.21. The lowest BCUT2D eigenvalue weighted by Crippen LogP contribution is -2.46. The summed E-state index contributed by atoms with van der Waals surface area (Å²) in [5.41, 5.74) is -2.86. The minimum atomic E-state index is -1.72. The summed E-state index contributed by atoms with van der Waals surface area (Å²) >= 11 is 0. The minimum Gasteiger partial charge on any atom is -0.464 e. The van der Waals surface area contributed by atoms with E-state index in [4.69, 9.17) is 4.74 Å². The summed E-state index contributed by atoms with van der Waals surface area (Å²) in [5.74, 6) is -0.283. The van der Waals surface area contributed by atoms with Crippen molar-refractivity contribution in [3.63, 3.8) is 0 Å². The van der Waals surface area contributed by atoms with Gasteiger partial charge < -0.3 is 14.9 Å². The van der Waals surface area contributed by atoms with E-state index in [1.54, 1.807) is 6.92 Å². The monoisotopic (exact) mass is 340 g/mol. The normalized spacial score (nSPS) is 17.4. The van der Waals surface area contributed by atoms with Gasteiger partial charge in [0.1, 0.15) is 0 Å². The van der Waals surface area contributed by atoms with Gasteiger partial charge in [0, 0.05) is 12.8 Å². The number of carbonyl (C=O) groups is 1. The third kappa shape index (κ3) is 9.24. The minimum absolute atomic E-state index is 0.0545. The lowest BCUT2D eigenvalue weighted by molar-refractivity contribution is -0.172. The van der Waals surface area contributed by atoms with Gasteiger partial charge in [-0.05, 0) is 32.1 Å². The number of allylic oxidation sites excluding steroid dienone is 1. The summed E-state index contributed by atoms with van der Waals surface area (Å²) in [7, 11) is 0. The molecule has 140 valence electrons. The molecule has 0 radical (unpaired) electrons. The topological polar surface area (TPSA) is 66.8 Å². The molecule has 0 aliphatic rings. The van der Waals surface area contributed by atoms with Crippen LogP contribution < -0.4 is 0 Å². The van der Waals surface area contributed by atoms with Crippen LogP contribution in [0.25, 0.3) is 0 Å². The highest BCUT2D eigenvalue weighted by Crippen LogP contribution is 2.30. The van der Waals surface area contributed by atoms with Crippen LogP contribution in [-0.4, -0.2) is 34.0 Å². The van der Waals surface area contributed by atoms with Crippen molar-refractivity contribution in [2.75, 3.05) is 6.61 Å². The van der Waals surface area contributed by atoms with Gasteiger partial charge in [-0.3, -0.25) is 0 Å². The maximum absolute atomic E-state index is 12.3. The number of ether oxygens (including phenoxy) is 1. The molecule has 0 fully saturated rings. The first kappa shape index (κ1) is 22.9. The molecule has 0 aliphatic carbocycles. The molecule has 0 spiro atoms. The number of carbonyl (C=O) groups excluding carboxylic acids is 1. The van der Waals surface area contributed by atoms with Crippen LogP contribution >= 0.6 is 0 Å². The highest BCUT2D eigenvalue weighted by atomic mass is 16.5. The van der Waals surface area contributed by atoms with Gasteiger partial charge in [0.25, 0.3) is 0 Å². The fourth-order valence-corrected chi connectivity index (χ4v) is 2.76. The number of hydrogen-bond acceptors (Lipinski definition) is 4. The molecule has 0 heterocycles. The molecule has 0 aromatic carbocycles. The van der Waals surface area contributed by atoms with Crippen LogP contribution in [0.4, 0.5) is 0 Å². The van der Waals surface area contributed by atoms with Crippen molar-refractivity contribution >= 4 is 5.97 Å². The third-order valence-corrected chi connectivity index (χ3v) is 4.29. The van der Waals surface area contributed by atoms with E-state index >= 15 is 0 Å². The molecule has 0 rings (SSSR count). The van der Waals surface area contributed by atoms with E-state index in [0.29, 0.717) is 18.9 Å². The SMILES string of the molecule is C=CCC(O)(CC(C)(O)CCCC(C)C=C)C(=O)OCCCCC. The molecule has 4 heteroatoms. The lowest BCUT2D eigenvalue weighted by Gasteiger charge is -2.33. The van der Waals surface area contributed by atoms with E-state index in [0.717, 1.165) is 32.1 Å². The van der Waals surface area contributed by atoms with Gasteiger partial charge in [-0.1, -0.05) is 45.3 Å². The van der Waals surface area contributed by atoms with Gasteiger partial charge in [-0.15, -0.1) is 13.2 Å². The zero-order valence-electron chi connectivity index (χ0n) is 15.7. The predicted molar refractivity (Wildman–Crippen MR) is 98.7 cm³/mol. The summed E-state index contributed by atoms with van der Waals surface area (Å²) in [6.45, 7) is 13.4. The van der Waals surface area contributed by atoms with Crippen molar-refractivity contribution < 1.29 is 19.7 Å². The van der Waals surface area contributed by atoms with Crippen LogP contribution in [0.1, 0.15) is 72.1 Å². The van der Waals surface area contributed by atoms with Crippen LogP contribution in [0.5, 0.6) is 0 Å². The Morgan fingerprint density at radius 2 is 1.92 bits per heavy atom. The molecule has 0 aromatic rings. The van der Waals surface area contributed by atoms with E-state index < -0.39 is 17.2 Å². The predicted octanol–water partition coefficient (Wildman–Crippen LogP) is 4.16. The Kier molecular flexibility index (Phi) is 10.9. The Morgan fingerprint density at radius 1 is 1.25 bits per heavy atom. The molecular formula is C20H36O4. The van der Waals surface area contributed by atoms with Crippen molar-refractivity contribution in [1.29, 1.82) is 0 Å². The maximum atomic E-state index is 12.3. The second-order valence-corrected chi connectivity index (χ2v) is 7.15. The molecule has 0 amide bonds. The van der Waals surface area contributed by atoms with E-state index in [2.05, 4.69) is 27.0 Å². The van der Waals surface area contributed by atoms with Crippen LogP contribution in [-0.2, 0) is 9.53 Å². The zero-order valence-corrected chi connectivity index (χ0v) is 15.7. The van der Waals surface area contributed by atoms with Crippen LogP contribution in [0.15, 0.2) is 25.3 Å². The second-order valence-electron chi connectivity index (χ2n) is 7.15. The Hall–Kier alpha value is -1.13. The van der Waals surface area contributed by atoms with Crippen molar-refractivity contribution in [2.24, 2.45) is 5.92 Å². The fraction of sp³-hybridized carbons (Fsp3) is 0.750. The smallest absolute Gasteiger partial charge is 0.338 e. The number of hydrogen-bond donors (Lipinski definition) is 2. The van der Waals surface area contributed by atoms with Gasteiger partial charge in [0.15, 0.2) is 5.60 Å². The molecule has 0 saturated heterocycles. The first-order valence-electron chi connectivity index (χ1n) is 9.06. The van der Waals surface area contributed by atoms with E-state index in [1.807, 2.05) is 6.08 Å². The summed E-state index contributed by atoms with van der Waals surface area (Å²) in [6, 6.07) is 0. The Bertz CT molecular complexity index is 389. The average Bonchev–Trinajstić information content (AvgIpc) is 2.50. The number of esters is 1. The van der Waals surface area contributed by atoms with Crippen molar-refractivity contribution in [3.8, 4) is 0 Å². The van der Waals surface area contributed by atoms with Gasteiger partial charge in [-0.2, -0.15) is 0 Å². The largest absolute Gasteiger partial charge is 0.464 e. The summed E-state index contributed by atoms with van der Waals surface area (Å²) in [5, 5.41) is 21.3. The highest BCUT2D eigenvalue weighted by Gasteiger charge is 2.42. The molecule has 4 nitrogen and oxygen atoms in total. The number of rotatable bonds is 14. The molecule has 0 bridgehead atoms. The third-order valence-electron chi connectivity index (χ3n) is 4.29. The van der Waals surface area contributed by atoms with Gasteiger partial charge in [0.05, 0.1) is 12.2 Å². The van der Waals surface area contributed by atoms with Crippen LogP contribution in [0, 0.1) is 5.92 Å².